The van der Waals surface area contributed by atoms with Gasteiger partial charge >= 0.3 is 0 Å². The number of allylic oxidation sites excluding steroid dienone is 5. The first-order valence-corrected chi connectivity index (χ1v) is 19.4. The van der Waals surface area contributed by atoms with Gasteiger partial charge in [-0.2, -0.15) is 0 Å². The van der Waals surface area contributed by atoms with Gasteiger partial charge in [0, 0.05) is 33.2 Å². The zero-order valence-corrected chi connectivity index (χ0v) is 31.1. The maximum absolute atomic E-state index is 5.07. The SMILES string of the molecule is C=C/C=C1/CCc2ccccc2/C1=C/Cc1ccc2ccc3c(c2c1)c1ccccc1n3-c1ccc(-c2cc(-c3ccccc3)nc(-c3ccccc3)n2)cc1. The number of hydrogen-bond acceptors (Lipinski definition) is 2. The van der Waals surface area contributed by atoms with Crippen LogP contribution in [0.4, 0.5) is 0 Å². The number of fused-ring (bicyclic) bond motifs is 6. The van der Waals surface area contributed by atoms with E-state index in [0.717, 1.165) is 53.0 Å². The van der Waals surface area contributed by atoms with E-state index in [-0.39, 0.29) is 0 Å². The Bertz CT molecular complexity index is 2930. The van der Waals surface area contributed by atoms with Crippen molar-refractivity contribution < 1.29 is 0 Å². The molecule has 0 amide bonds. The van der Waals surface area contributed by atoms with Gasteiger partial charge in [0.1, 0.15) is 0 Å². The second kappa shape index (κ2) is 14.3. The van der Waals surface area contributed by atoms with Crippen molar-refractivity contribution in [3.63, 3.8) is 0 Å². The summed E-state index contributed by atoms with van der Waals surface area (Å²) in [5.41, 5.74) is 15.2. The number of aromatic nitrogens is 3. The molecule has 2 aromatic heterocycles. The summed E-state index contributed by atoms with van der Waals surface area (Å²) in [6.45, 7) is 4.01. The first-order chi connectivity index (χ1) is 27.7. The summed E-state index contributed by atoms with van der Waals surface area (Å²) in [5.74, 6) is 0.716. The second-order valence-electron chi connectivity index (χ2n) is 14.5. The average molecular weight is 718 g/mol. The Hall–Kier alpha value is -7.10. The molecule has 56 heavy (non-hydrogen) atoms. The second-order valence-corrected chi connectivity index (χ2v) is 14.5. The van der Waals surface area contributed by atoms with Crippen molar-refractivity contribution in [1.82, 2.24) is 14.5 Å². The first-order valence-electron chi connectivity index (χ1n) is 19.4. The molecule has 0 aliphatic heterocycles. The van der Waals surface area contributed by atoms with Crippen LogP contribution in [0.15, 0.2) is 200 Å². The zero-order valence-electron chi connectivity index (χ0n) is 31.1. The number of para-hydroxylation sites is 1. The Morgan fingerprint density at radius 3 is 2.04 bits per heavy atom. The lowest BCUT2D eigenvalue weighted by atomic mass is 9.82. The molecule has 1 aliphatic rings. The van der Waals surface area contributed by atoms with Gasteiger partial charge in [-0.3, -0.25) is 0 Å². The van der Waals surface area contributed by atoms with Gasteiger partial charge in [0.25, 0.3) is 0 Å². The molecule has 9 aromatic rings. The monoisotopic (exact) mass is 717 g/mol. The summed E-state index contributed by atoms with van der Waals surface area (Å²) in [4.78, 5) is 10.1. The lowest BCUT2D eigenvalue weighted by Crippen LogP contribution is -2.05. The summed E-state index contributed by atoms with van der Waals surface area (Å²) in [6, 6.07) is 60.6. The maximum atomic E-state index is 5.07. The minimum atomic E-state index is 0.716. The van der Waals surface area contributed by atoms with Gasteiger partial charge < -0.3 is 4.57 Å². The summed E-state index contributed by atoms with van der Waals surface area (Å²) < 4.78 is 2.40. The highest BCUT2D eigenvalue weighted by Gasteiger charge is 2.19. The minimum Gasteiger partial charge on any atom is -0.309 e. The molecule has 0 radical (unpaired) electrons. The van der Waals surface area contributed by atoms with Crippen LogP contribution in [0.5, 0.6) is 0 Å². The van der Waals surface area contributed by atoms with E-state index in [0.29, 0.717) is 5.82 Å². The number of benzene rings is 7. The Morgan fingerprint density at radius 1 is 0.571 bits per heavy atom. The third-order valence-electron chi connectivity index (χ3n) is 11.1. The van der Waals surface area contributed by atoms with E-state index < -0.39 is 0 Å². The van der Waals surface area contributed by atoms with Gasteiger partial charge in [-0.25, -0.2) is 9.97 Å². The van der Waals surface area contributed by atoms with Crippen LogP contribution < -0.4 is 0 Å². The van der Waals surface area contributed by atoms with Crippen molar-refractivity contribution in [2.45, 2.75) is 19.3 Å². The fourth-order valence-corrected chi connectivity index (χ4v) is 8.44. The summed E-state index contributed by atoms with van der Waals surface area (Å²) >= 11 is 0. The van der Waals surface area contributed by atoms with E-state index >= 15 is 0 Å². The molecule has 2 heterocycles. The van der Waals surface area contributed by atoms with E-state index in [1.54, 1.807) is 0 Å². The fraction of sp³-hybridized carbons (Fsp3) is 0.0566. The predicted octanol–water partition coefficient (Wildman–Crippen LogP) is 13.4. The molecule has 0 saturated heterocycles. The van der Waals surface area contributed by atoms with Crippen LogP contribution in [0.1, 0.15) is 23.1 Å². The molecule has 0 unspecified atom stereocenters. The predicted molar refractivity (Wildman–Crippen MR) is 235 cm³/mol. The van der Waals surface area contributed by atoms with Gasteiger partial charge in [-0.15, -0.1) is 0 Å². The lowest BCUT2D eigenvalue weighted by molar-refractivity contribution is 0.937. The molecule has 0 N–H and O–H groups in total. The highest BCUT2D eigenvalue weighted by atomic mass is 15.0. The van der Waals surface area contributed by atoms with Crippen molar-refractivity contribution in [3.05, 3.63) is 217 Å². The summed E-state index contributed by atoms with van der Waals surface area (Å²) in [5, 5.41) is 5.05. The topological polar surface area (TPSA) is 30.7 Å². The van der Waals surface area contributed by atoms with E-state index in [1.165, 1.54) is 60.4 Å². The molecule has 0 atom stereocenters. The van der Waals surface area contributed by atoms with Crippen LogP contribution in [0.3, 0.4) is 0 Å². The summed E-state index contributed by atoms with van der Waals surface area (Å²) in [6.07, 6.45) is 9.49. The number of nitrogens with zero attached hydrogens (tertiary/aromatic N) is 3. The van der Waals surface area contributed by atoms with Crippen molar-refractivity contribution in [2.75, 3.05) is 0 Å². The number of hydrogen-bond donors (Lipinski definition) is 0. The van der Waals surface area contributed by atoms with Gasteiger partial charge in [-0.1, -0.05) is 164 Å². The van der Waals surface area contributed by atoms with Crippen LogP contribution >= 0.6 is 0 Å². The van der Waals surface area contributed by atoms with Crippen LogP contribution in [-0.2, 0) is 12.8 Å². The Balaban J connectivity index is 1.06. The van der Waals surface area contributed by atoms with Crippen molar-refractivity contribution in [1.29, 1.82) is 0 Å². The highest BCUT2D eigenvalue weighted by Crippen LogP contribution is 2.39. The van der Waals surface area contributed by atoms with E-state index in [2.05, 4.69) is 169 Å². The van der Waals surface area contributed by atoms with Crippen LogP contribution in [0.2, 0.25) is 0 Å². The van der Waals surface area contributed by atoms with Gasteiger partial charge in [0.15, 0.2) is 5.82 Å². The maximum Gasteiger partial charge on any atom is 0.160 e. The van der Waals surface area contributed by atoms with Gasteiger partial charge in [0.2, 0.25) is 0 Å². The van der Waals surface area contributed by atoms with Crippen molar-refractivity contribution in [3.8, 4) is 39.6 Å². The lowest BCUT2D eigenvalue weighted by Gasteiger charge is -2.22. The number of rotatable bonds is 7. The zero-order chi connectivity index (χ0) is 37.4. The molecule has 0 saturated carbocycles. The molecule has 3 heteroatoms. The van der Waals surface area contributed by atoms with Gasteiger partial charge in [0.05, 0.1) is 22.4 Å². The third-order valence-corrected chi connectivity index (χ3v) is 11.1. The third kappa shape index (κ3) is 6.04. The average Bonchev–Trinajstić information content (AvgIpc) is 3.61. The fourth-order valence-electron chi connectivity index (χ4n) is 8.44. The normalized spacial score (nSPS) is 14.1. The smallest absolute Gasteiger partial charge is 0.160 e. The summed E-state index contributed by atoms with van der Waals surface area (Å²) in [7, 11) is 0. The molecule has 266 valence electrons. The molecule has 10 rings (SSSR count). The van der Waals surface area contributed by atoms with E-state index in [9.17, 15) is 0 Å². The Labute approximate surface area is 327 Å². The standard InChI is InChI=1S/C53H39N3/c1-2-13-37-25-26-38-14-9-10-19-44(38)45(37)32-23-36-22-24-39-29-33-51-52(47(39)34-36)46-20-11-12-21-50(46)56(51)43-30-27-41(28-31-43)49-35-48(40-15-5-3-6-16-40)54-53(55-49)42-17-7-4-8-18-42/h2-22,24,27-35H,1,23,25-26H2/b37-13-,45-32+. The minimum absolute atomic E-state index is 0.716. The molecular weight excluding hydrogens is 679 g/mol. The number of aryl methyl sites for hydroxylation is 1. The van der Waals surface area contributed by atoms with E-state index in [4.69, 9.17) is 9.97 Å². The molecular formula is C53H39N3. The molecule has 1 aliphatic carbocycles. The Kier molecular flexibility index (Phi) is 8.53. The van der Waals surface area contributed by atoms with Crippen molar-refractivity contribution >= 4 is 38.2 Å². The molecule has 0 spiro atoms. The van der Waals surface area contributed by atoms with Crippen LogP contribution in [0.25, 0.3) is 77.7 Å². The van der Waals surface area contributed by atoms with Crippen LogP contribution in [0, 0.1) is 0 Å². The molecule has 0 fully saturated rings. The quantitative estimate of drug-likeness (QED) is 0.164. The van der Waals surface area contributed by atoms with Gasteiger partial charge in [-0.05, 0) is 88.2 Å². The molecule has 0 bridgehead atoms. The highest BCUT2D eigenvalue weighted by molar-refractivity contribution is 6.21. The molecule has 7 aromatic carbocycles. The first kappa shape index (κ1) is 33.5. The Morgan fingerprint density at radius 2 is 1.25 bits per heavy atom. The largest absolute Gasteiger partial charge is 0.309 e. The van der Waals surface area contributed by atoms with E-state index in [1.807, 2.05) is 30.3 Å². The van der Waals surface area contributed by atoms with Crippen LogP contribution in [-0.4, -0.2) is 14.5 Å². The van der Waals surface area contributed by atoms with Crippen molar-refractivity contribution in [2.24, 2.45) is 0 Å². The molecule has 3 nitrogen and oxygen atoms in total.